The number of pyridine rings is 1. The van der Waals surface area contributed by atoms with Gasteiger partial charge in [0.2, 0.25) is 0 Å². The Balaban J connectivity index is 1.71. The van der Waals surface area contributed by atoms with Crippen LogP contribution in [-0.4, -0.2) is 26.3 Å². The summed E-state index contributed by atoms with van der Waals surface area (Å²) in [4.78, 5) is 18.2. The van der Waals surface area contributed by atoms with Gasteiger partial charge in [-0.3, -0.25) is 4.79 Å². The van der Waals surface area contributed by atoms with Crippen LogP contribution in [0, 0.1) is 11.8 Å². The molecular formula is C25H28N4O2. The van der Waals surface area contributed by atoms with E-state index in [9.17, 15) is 4.79 Å². The van der Waals surface area contributed by atoms with E-state index in [2.05, 4.69) is 13.8 Å². The Kier molecular flexibility index (Phi) is 5.10. The van der Waals surface area contributed by atoms with E-state index in [-0.39, 0.29) is 11.6 Å². The molecule has 160 valence electrons. The van der Waals surface area contributed by atoms with E-state index in [1.54, 1.807) is 17.8 Å². The molecule has 3 aromatic heterocycles. The first kappa shape index (κ1) is 19.9. The summed E-state index contributed by atoms with van der Waals surface area (Å²) in [7, 11) is 1.66. The molecule has 1 saturated carbocycles. The highest BCUT2D eigenvalue weighted by molar-refractivity contribution is 5.86. The molecule has 31 heavy (non-hydrogen) atoms. The summed E-state index contributed by atoms with van der Waals surface area (Å²) in [5.41, 5.74) is 4.33. The van der Waals surface area contributed by atoms with Crippen LogP contribution >= 0.6 is 0 Å². The Morgan fingerprint density at radius 1 is 1.13 bits per heavy atom. The van der Waals surface area contributed by atoms with Gasteiger partial charge in [-0.25, -0.2) is 9.50 Å². The van der Waals surface area contributed by atoms with Gasteiger partial charge in [-0.15, -0.1) is 0 Å². The summed E-state index contributed by atoms with van der Waals surface area (Å²) in [5.74, 6) is 1.10. The van der Waals surface area contributed by atoms with Crippen molar-refractivity contribution in [2.45, 2.75) is 45.8 Å². The summed E-state index contributed by atoms with van der Waals surface area (Å²) in [6.45, 7) is 4.94. The lowest BCUT2D eigenvalue weighted by Gasteiger charge is -2.35. The van der Waals surface area contributed by atoms with Gasteiger partial charge in [0, 0.05) is 25.5 Å². The standard InChI is InChI=1S/C25H28N4O2/c1-16-8-7-11-21(17(16)2)28-13-12-22-19(25(28)30)14-26-24-23(18-9-5-4-6-10-18)20(15-31-3)27-29(22)24/h4-6,9-10,12-14,16-17,21H,7-8,11,15H2,1-3H3/t16-,17-,21+/m0/s1. The first-order chi connectivity index (χ1) is 15.1. The van der Waals surface area contributed by atoms with Gasteiger partial charge >= 0.3 is 0 Å². The zero-order valence-corrected chi connectivity index (χ0v) is 18.3. The third kappa shape index (κ3) is 3.26. The highest BCUT2D eigenvalue weighted by Crippen LogP contribution is 2.37. The molecule has 6 heteroatoms. The number of benzene rings is 1. The van der Waals surface area contributed by atoms with E-state index in [1.165, 1.54) is 6.42 Å². The second-order valence-electron chi connectivity index (χ2n) is 8.78. The summed E-state index contributed by atoms with van der Waals surface area (Å²) >= 11 is 0. The van der Waals surface area contributed by atoms with Crippen molar-refractivity contribution in [3.63, 3.8) is 0 Å². The number of rotatable bonds is 4. The van der Waals surface area contributed by atoms with Crippen molar-refractivity contribution in [3.05, 3.63) is 64.8 Å². The molecule has 1 aromatic carbocycles. The lowest BCUT2D eigenvalue weighted by atomic mass is 9.78. The van der Waals surface area contributed by atoms with Crippen LogP contribution < -0.4 is 5.56 Å². The van der Waals surface area contributed by atoms with Crippen molar-refractivity contribution in [1.29, 1.82) is 0 Å². The van der Waals surface area contributed by atoms with Gasteiger partial charge in [0.25, 0.3) is 5.56 Å². The molecule has 3 atom stereocenters. The quantitative estimate of drug-likeness (QED) is 0.477. The molecule has 1 aliphatic carbocycles. The molecule has 4 aromatic rings. The molecule has 0 unspecified atom stereocenters. The van der Waals surface area contributed by atoms with Crippen LogP contribution in [0.2, 0.25) is 0 Å². The lowest BCUT2D eigenvalue weighted by Crippen LogP contribution is -2.33. The van der Waals surface area contributed by atoms with E-state index in [4.69, 9.17) is 14.8 Å². The van der Waals surface area contributed by atoms with Gasteiger partial charge in [-0.05, 0) is 29.9 Å². The topological polar surface area (TPSA) is 61.4 Å². The van der Waals surface area contributed by atoms with Crippen LogP contribution in [0.1, 0.15) is 44.8 Å². The van der Waals surface area contributed by atoms with Crippen molar-refractivity contribution in [3.8, 4) is 11.1 Å². The van der Waals surface area contributed by atoms with Crippen molar-refractivity contribution in [2.75, 3.05) is 7.11 Å². The fourth-order valence-electron chi connectivity index (χ4n) is 5.07. The van der Waals surface area contributed by atoms with Crippen LogP contribution in [-0.2, 0) is 11.3 Å². The molecule has 0 radical (unpaired) electrons. The lowest BCUT2D eigenvalue weighted by molar-refractivity contribution is 0.181. The number of hydrogen-bond donors (Lipinski definition) is 0. The molecular weight excluding hydrogens is 388 g/mol. The van der Waals surface area contributed by atoms with Gasteiger partial charge in [0.1, 0.15) is 0 Å². The highest BCUT2D eigenvalue weighted by atomic mass is 16.5. The van der Waals surface area contributed by atoms with Gasteiger partial charge < -0.3 is 9.30 Å². The van der Waals surface area contributed by atoms with E-state index in [0.29, 0.717) is 23.8 Å². The maximum atomic E-state index is 13.5. The predicted molar refractivity (Wildman–Crippen MR) is 122 cm³/mol. The zero-order valence-electron chi connectivity index (χ0n) is 18.3. The normalized spacial score (nSPS) is 21.7. The Morgan fingerprint density at radius 3 is 2.71 bits per heavy atom. The number of nitrogens with zero attached hydrogens (tertiary/aromatic N) is 4. The van der Waals surface area contributed by atoms with Crippen LogP contribution in [0.3, 0.4) is 0 Å². The molecule has 3 heterocycles. The maximum absolute atomic E-state index is 13.5. The van der Waals surface area contributed by atoms with Crippen LogP contribution in [0.5, 0.6) is 0 Å². The summed E-state index contributed by atoms with van der Waals surface area (Å²) in [5, 5.41) is 5.40. The Bertz CT molecular complexity index is 1290. The van der Waals surface area contributed by atoms with Gasteiger partial charge in [0.15, 0.2) is 5.65 Å². The first-order valence-corrected chi connectivity index (χ1v) is 11.1. The average molecular weight is 417 g/mol. The highest BCUT2D eigenvalue weighted by Gasteiger charge is 2.29. The predicted octanol–water partition coefficient (Wildman–Crippen LogP) is 4.85. The molecule has 5 rings (SSSR count). The fraction of sp³-hybridized carbons (Fsp3) is 0.400. The van der Waals surface area contributed by atoms with Crippen molar-refractivity contribution < 1.29 is 4.74 Å². The Labute approximate surface area is 181 Å². The maximum Gasteiger partial charge on any atom is 0.261 e. The van der Waals surface area contributed by atoms with Crippen molar-refractivity contribution in [1.82, 2.24) is 19.2 Å². The van der Waals surface area contributed by atoms with Crippen LogP contribution in [0.25, 0.3) is 27.7 Å². The SMILES string of the molecule is COCc1nn2c(ncc3c(=O)n([C@@H]4CCC[C@H](C)[C@@H]4C)ccc32)c1-c1ccccc1. The second-order valence-corrected chi connectivity index (χ2v) is 8.78. The van der Waals surface area contributed by atoms with Crippen LogP contribution in [0.4, 0.5) is 0 Å². The van der Waals surface area contributed by atoms with Gasteiger partial charge in [-0.2, -0.15) is 5.10 Å². The van der Waals surface area contributed by atoms with Gasteiger partial charge in [-0.1, -0.05) is 57.0 Å². The number of fused-ring (bicyclic) bond motifs is 3. The van der Waals surface area contributed by atoms with Crippen molar-refractivity contribution in [2.24, 2.45) is 11.8 Å². The second kappa shape index (κ2) is 7.93. The molecule has 0 N–H and O–H groups in total. The monoisotopic (exact) mass is 416 g/mol. The first-order valence-electron chi connectivity index (χ1n) is 11.1. The van der Waals surface area contributed by atoms with E-state index >= 15 is 0 Å². The molecule has 0 saturated heterocycles. The third-order valence-corrected chi connectivity index (χ3v) is 6.98. The number of aromatic nitrogens is 4. The molecule has 1 fully saturated rings. The summed E-state index contributed by atoms with van der Waals surface area (Å²) in [6.07, 6.45) is 7.11. The minimum Gasteiger partial charge on any atom is -0.378 e. The van der Waals surface area contributed by atoms with E-state index in [1.807, 2.05) is 47.2 Å². The van der Waals surface area contributed by atoms with Crippen LogP contribution in [0.15, 0.2) is 53.6 Å². The number of hydrogen-bond acceptors (Lipinski definition) is 4. The molecule has 0 bridgehead atoms. The summed E-state index contributed by atoms with van der Waals surface area (Å²) < 4.78 is 9.13. The Hall–Kier alpha value is -2.99. The molecule has 0 amide bonds. The fourth-order valence-corrected chi connectivity index (χ4v) is 5.07. The summed E-state index contributed by atoms with van der Waals surface area (Å²) in [6, 6.07) is 12.3. The zero-order chi connectivity index (χ0) is 21.5. The van der Waals surface area contributed by atoms with Gasteiger partial charge in [0.05, 0.1) is 28.8 Å². The minimum absolute atomic E-state index is 0.0166. The molecule has 0 spiro atoms. The van der Waals surface area contributed by atoms with E-state index in [0.717, 1.165) is 40.8 Å². The number of ether oxygens (including phenoxy) is 1. The largest absolute Gasteiger partial charge is 0.378 e. The third-order valence-electron chi connectivity index (χ3n) is 6.98. The molecule has 6 nitrogen and oxygen atoms in total. The average Bonchev–Trinajstić information content (AvgIpc) is 3.15. The minimum atomic E-state index is 0.0166. The van der Waals surface area contributed by atoms with Crippen molar-refractivity contribution >= 4 is 16.6 Å². The number of methoxy groups -OCH3 is 1. The Morgan fingerprint density at radius 2 is 1.94 bits per heavy atom. The molecule has 1 aliphatic rings. The smallest absolute Gasteiger partial charge is 0.261 e. The van der Waals surface area contributed by atoms with E-state index < -0.39 is 0 Å². The molecule has 0 aliphatic heterocycles.